The van der Waals surface area contributed by atoms with Gasteiger partial charge >= 0.3 is 12.3 Å². The molecule has 1 aliphatic heterocycles. The molecule has 0 radical (unpaired) electrons. The van der Waals surface area contributed by atoms with E-state index in [9.17, 15) is 18.0 Å². The molecule has 0 aromatic heterocycles. The van der Waals surface area contributed by atoms with Gasteiger partial charge in [-0.25, -0.2) is 0 Å². The lowest BCUT2D eigenvalue weighted by Gasteiger charge is -2.33. The number of aliphatic carboxylic acids is 1. The van der Waals surface area contributed by atoms with Crippen LogP contribution in [0.4, 0.5) is 18.9 Å². The second-order valence-corrected chi connectivity index (χ2v) is 5.07. The van der Waals surface area contributed by atoms with Crippen LogP contribution in [-0.2, 0) is 4.79 Å². The third-order valence-electron chi connectivity index (χ3n) is 3.51. The maximum absolute atomic E-state index is 12.1. The van der Waals surface area contributed by atoms with Crippen molar-refractivity contribution in [3.05, 3.63) is 24.3 Å². The first-order chi connectivity index (χ1) is 9.83. The third kappa shape index (κ3) is 4.84. The number of carbonyl (C=O) groups is 1. The van der Waals surface area contributed by atoms with Gasteiger partial charge in [0.1, 0.15) is 5.75 Å². The van der Waals surface area contributed by atoms with E-state index in [2.05, 4.69) is 4.74 Å². The molecular formula is C14H16F3NO3. The zero-order valence-electron chi connectivity index (χ0n) is 11.3. The van der Waals surface area contributed by atoms with Crippen molar-refractivity contribution < 1.29 is 27.8 Å². The number of alkyl halides is 3. The molecular weight excluding hydrogens is 287 g/mol. The van der Waals surface area contributed by atoms with Crippen molar-refractivity contribution in [2.24, 2.45) is 5.92 Å². The van der Waals surface area contributed by atoms with Gasteiger partial charge in [0.25, 0.3) is 0 Å². The standard InChI is InChI=1S/C14H16F3NO3/c15-14(16,17)21-12-3-1-11(2-4-12)18-7-5-10(6-8-18)9-13(19)20/h1-4,10H,5-9H2,(H,19,20). The van der Waals surface area contributed by atoms with E-state index in [1.54, 1.807) is 12.1 Å². The summed E-state index contributed by atoms with van der Waals surface area (Å²) in [6, 6.07) is 5.73. The number of benzene rings is 1. The van der Waals surface area contributed by atoms with E-state index in [1.165, 1.54) is 12.1 Å². The second kappa shape index (κ2) is 6.24. The maximum Gasteiger partial charge on any atom is 0.573 e. The van der Waals surface area contributed by atoms with Gasteiger partial charge in [0.2, 0.25) is 0 Å². The Bertz CT molecular complexity index is 479. The van der Waals surface area contributed by atoms with Crippen molar-refractivity contribution in [1.29, 1.82) is 0 Å². The second-order valence-electron chi connectivity index (χ2n) is 5.07. The van der Waals surface area contributed by atoms with Crippen LogP contribution < -0.4 is 9.64 Å². The Balaban J connectivity index is 1.90. The molecule has 0 saturated carbocycles. The quantitative estimate of drug-likeness (QED) is 0.927. The molecule has 1 aromatic rings. The van der Waals surface area contributed by atoms with Gasteiger partial charge < -0.3 is 14.7 Å². The predicted molar refractivity (Wildman–Crippen MR) is 70.3 cm³/mol. The summed E-state index contributed by atoms with van der Waals surface area (Å²) < 4.78 is 40.0. The summed E-state index contributed by atoms with van der Waals surface area (Å²) in [5.41, 5.74) is 0.818. The van der Waals surface area contributed by atoms with Crippen molar-refractivity contribution in [2.75, 3.05) is 18.0 Å². The Labute approximate surface area is 120 Å². The summed E-state index contributed by atoms with van der Waals surface area (Å²) in [5.74, 6) is -0.860. The molecule has 1 fully saturated rings. The van der Waals surface area contributed by atoms with Crippen LogP contribution in [-0.4, -0.2) is 30.5 Å². The smallest absolute Gasteiger partial charge is 0.481 e. The zero-order chi connectivity index (χ0) is 15.5. The highest BCUT2D eigenvalue weighted by Gasteiger charge is 2.31. The number of carboxylic acids is 1. The third-order valence-corrected chi connectivity index (χ3v) is 3.51. The summed E-state index contributed by atoms with van der Waals surface area (Å²) in [5, 5.41) is 8.75. The Hall–Kier alpha value is -1.92. The summed E-state index contributed by atoms with van der Waals surface area (Å²) in [6.45, 7) is 1.41. The minimum Gasteiger partial charge on any atom is -0.481 e. The van der Waals surface area contributed by atoms with Crippen LogP contribution in [0.5, 0.6) is 5.75 Å². The van der Waals surface area contributed by atoms with E-state index >= 15 is 0 Å². The summed E-state index contributed by atoms with van der Waals surface area (Å²) in [6.07, 6.45) is -2.97. The van der Waals surface area contributed by atoms with E-state index in [0.717, 1.165) is 18.5 Å². The highest BCUT2D eigenvalue weighted by Crippen LogP contribution is 2.28. The molecule has 1 aromatic carbocycles. The number of hydrogen-bond acceptors (Lipinski definition) is 3. The Morgan fingerprint density at radius 2 is 1.81 bits per heavy atom. The lowest BCUT2D eigenvalue weighted by Crippen LogP contribution is -2.34. The molecule has 0 bridgehead atoms. The minimum atomic E-state index is -4.68. The molecule has 7 heteroatoms. The maximum atomic E-state index is 12.1. The molecule has 2 rings (SSSR count). The van der Waals surface area contributed by atoms with Crippen LogP contribution in [0.2, 0.25) is 0 Å². The van der Waals surface area contributed by atoms with Crippen molar-refractivity contribution in [1.82, 2.24) is 0 Å². The molecule has 0 aliphatic carbocycles. The van der Waals surface area contributed by atoms with Gasteiger partial charge in [-0.15, -0.1) is 13.2 Å². The highest BCUT2D eigenvalue weighted by molar-refractivity contribution is 5.67. The van der Waals surface area contributed by atoms with Gasteiger partial charge in [-0.3, -0.25) is 4.79 Å². The Morgan fingerprint density at radius 3 is 2.29 bits per heavy atom. The van der Waals surface area contributed by atoms with Gasteiger partial charge in [-0.05, 0) is 43.0 Å². The molecule has 0 amide bonds. The van der Waals surface area contributed by atoms with E-state index in [4.69, 9.17) is 5.11 Å². The van der Waals surface area contributed by atoms with Gasteiger partial charge in [-0.2, -0.15) is 0 Å². The fourth-order valence-electron chi connectivity index (χ4n) is 2.50. The van der Waals surface area contributed by atoms with Crippen LogP contribution in [0.25, 0.3) is 0 Å². The topological polar surface area (TPSA) is 49.8 Å². The minimum absolute atomic E-state index is 0.173. The van der Waals surface area contributed by atoms with Gasteiger partial charge in [-0.1, -0.05) is 0 Å². The number of anilines is 1. The van der Waals surface area contributed by atoms with Crippen LogP contribution in [0.15, 0.2) is 24.3 Å². The van der Waals surface area contributed by atoms with E-state index in [1.807, 2.05) is 4.90 Å². The molecule has 0 unspecified atom stereocenters. The monoisotopic (exact) mass is 303 g/mol. The normalized spacial score (nSPS) is 16.8. The number of nitrogens with zero attached hydrogens (tertiary/aromatic N) is 1. The van der Waals surface area contributed by atoms with E-state index in [0.29, 0.717) is 13.1 Å². The average molecular weight is 303 g/mol. The fraction of sp³-hybridized carbons (Fsp3) is 0.500. The van der Waals surface area contributed by atoms with Crippen LogP contribution in [0.1, 0.15) is 19.3 Å². The number of ether oxygens (including phenoxy) is 1. The average Bonchev–Trinajstić information content (AvgIpc) is 2.38. The van der Waals surface area contributed by atoms with Crippen molar-refractivity contribution in [3.63, 3.8) is 0 Å². The first kappa shape index (κ1) is 15.5. The fourth-order valence-corrected chi connectivity index (χ4v) is 2.50. The molecule has 1 heterocycles. The first-order valence-electron chi connectivity index (χ1n) is 6.66. The summed E-state index contributed by atoms with van der Waals surface area (Å²) in [7, 11) is 0. The zero-order valence-corrected chi connectivity index (χ0v) is 11.3. The Morgan fingerprint density at radius 1 is 1.24 bits per heavy atom. The van der Waals surface area contributed by atoms with Crippen LogP contribution in [0.3, 0.4) is 0 Å². The highest BCUT2D eigenvalue weighted by atomic mass is 19.4. The molecule has 1 N–H and O–H groups in total. The van der Waals surface area contributed by atoms with Gasteiger partial charge in [0, 0.05) is 25.2 Å². The van der Waals surface area contributed by atoms with Gasteiger partial charge in [0.05, 0.1) is 0 Å². The van der Waals surface area contributed by atoms with Crippen molar-refractivity contribution >= 4 is 11.7 Å². The lowest BCUT2D eigenvalue weighted by atomic mass is 9.93. The van der Waals surface area contributed by atoms with E-state index in [-0.39, 0.29) is 18.1 Å². The number of rotatable bonds is 4. The molecule has 1 saturated heterocycles. The molecule has 4 nitrogen and oxygen atoms in total. The summed E-state index contributed by atoms with van der Waals surface area (Å²) in [4.78, 5) is 12.7. The van der Waals surface area contributed by atoms with Crippen LogP contribution in [0, 0.1) is 5.92 Å². The number of carboxylic acid groups (broad SMARTS) is 1. The number of hydrogen-bond donors (Lipinski definition) is 1. The number of piperidine rings is 1. The number of halogens is 3. The van der Waals surface area contributed by atoms with Crippen molar-refractivity contribution in [2.45, 2.75) is 25.6 Å². The molecule has 21 heavy (non-hydrogen) atoms. The molecule has 116 valence electrons. The first-order valence-corrected chi connectivity index (χ1v) is 6.66. The van der Waals surface area contributed by atoms with Crippen molar-refractivity contribution in [3.8, 4) is 5.75 Å². The Kier molecular flexibility index (Phi) is 4.59. The van der Waals surface area contributed by atoms with E-state index < -0.39 is 12.3 Å². The lowest BCUT2D eigenvalue weighted by molar-refractivity contribution is -0.274. The molecule has 1 aliphatic rings. The molecule has 0 spiro atoms. The summed E-state index contributed by atoms with van der Waals surface area (Å²) >= 11 is 0. The SMILES string of the molecule is O=C(O)CC1CCN(c2ccc(OC(F)(F)F)cc2)CC1. The van der Waals surface area contributed by atoms with Gasteiger partial charge in [0.15, 0.2) is 0 Å². The predicted octanol–water partition coefficient (Wildman–Crippen LogP) is 3.28. The largest absolute Gasteiger partial charge is 0.573 e. The molecule has 0 atom stereocenters. The van der Waals surface area contributed by atoms with Crippen LogP contribution >= 0.6 is 0 Å².